The van der Waals surface area contributed by atoms with Gasteiger partial charge in [-0.05, 0) is 0 Å². The van der Waals surface area contributed by atoms with Crippen LogP contribution in [0.3, 0.4) is 0 Å². The smallest absolute Gasteiger partial charge is 0.250 e. The highest BCUT2D eigenvalue weighted by Gasteiger charge is 2.47. The van der Waals surface area contributed by atoms with E-state index in [1.807, 2.05) is 11.9 Å². The zero-order valence-corrected chi connectivity index (χ0v) is 11.7. The number of carbonyl (C=O) groups is 1. The van der Waals surface area contributed by atoms with Crippen molar-refractivity contribution in [1.29, 1.82) is 0 Å². The van der Waals surface area contributed by atoms with Gasteiger partial charge in [0.15, 0.2) is 15.0 Å². The van der Waals surface area contributed by atoms with Crippen molar-refractivity contribution in [3.63, 3.8) is 0 Å². The van der Waals surface area contributed by atoms with Gasteiger partial charge in [0, 0.05) is 18.2 Å². The molecule has 0 bridgehead atoms. The van der Waals surface area contributed by atoms with Crippen LogP contribution in [-0.2, 0) is 14.6 Å². The van der Waals surface area contributed by atoms with Gasteiger partial charge in [-0.1, -0.05) is 25.6 Å². The molecule has 2 aliphatic heterocycles. The van der Waals surface area contributed by atoms with Gasteiger partial charge in [-0.25, -0.2) is 8.42 Å². The lowest BCUT2D eigenvalue weighted by Gasteiger charge is -2.18. The van der Waals surface area contributed by atoms with Gasteiger partial charge in [0.1, 0.15) is 0 Å². The van der Waals surface area contributed by atoms with E-state index in [1.54, 1.807) is 13.8 Å². The number of hydrogen-bond donors (Lipinski definition) is 0. The second-order valence-corrected chi connectivity index (χ2v) is 8.16. The summed E-state index contributed by atoms with van der Waals surface area (Å²) in [5.74, 6) is 0.0975. The fourth-order valence-corrected chi connectivity index (χ4v) is 5.96. The Morgan fingerprint density at radius 2 is 2.12 bits per heavy atom. The molecule has 2 rings (SSSR count). The summed E-state index contributed by atoms with van der Waals surface area (Å²) < 4.78 is 23.0. The van der Waals surface area contributed by atoms with Crippen LogP contribution in [0.5, 0.6) is 0 Å². The standard InChI is InChI=1S/C10H16N2O3S2/c1-6(2)9(13)11-10-12(3)7-4-17(14,15)5-8(7)16-10/h6-8H,4-5H2,1-3H3/t7-,8-/m1/s1. The average molecular weight is 276 g/mol. The first-order valence-electron chi connectivity index (χ1n) is 5.52. The van der Waals surface area contributed by atoms with Crippen molar-refractivity contribution in [3.8, 4) is 0 Å². The van der Waals surface area contributed by atoms with Gasteiger partial charge < -0.3 is 4.90 Å². The quantitative estimate of drug-likeness (QED) is 0.692. The van der Waals surface area contributed by atoms with Gasteiger partial charge in [0.2, 0.25) is 0 Å². The molecular weight excluding hydrogens is 260 g/mol. The van der Waals surface area contributed by atoms with E-state index in [1.165, 1.54) is 11.8 Å². The van der Waals surface area contributed by atoms with Crippen LogP contribution in [-0.4, -0.2) is 54.2 Å². The molecule has 0 unspecified atom stereocenters. The molecule has 7 heteroatoms. The summed E-state index contributed by atoms with van der Waals surface area (Å²) in [5.41, 5.74) is 0. The summed E-state index contributed by atoms with van der Waals surface area (Å²) in [5, 5.41) is 0.692. The molecule has 0 aromatic heterocycles. The Morgan fingerprint density at radius 3 is 2.65 bits per heavy atom. The summed E-state index contributed by atoms with van der Waals surface area (Å²) in [6, 6.07) is -0.0243. The maximum absolute atomic E-state index is 11.5. The third-order valence-corrected chi connectivity index (χ3v) is 6.33. The van der Waals surface area contributed by atoms with Crippen molar-refractivity contribution in [2.75, 3.05) is 18.6 Å². The molecule has 2 saturated heterocycles. The van der Waals surface area contributed by atoms with E-state index in [2.05, 4.69) is 4.99 Å². The Morgan fingerprint density at radius 1 is 1.47 bits per heavy atom. The third-order valence-electron chi connectivity index (χ3n) is 3.03. The Bertz CT molecular complexity index is 470. The molecule has 96 valence electrons. The molecule has 0 radical (unpaired) electrons. The van der Waals surface area contributed by atoms with Crippen LogP contribution in [0.1, 0.15) is 13.8 Å². The maximum atomic E-state index is 11.5. The van der Waals surface area contributed by atoms with Crippen LogP contribution in [0, 0.1) is 5.92 Å². The number of rotatable bonds is 1. The lowest BCUT2D eigenvalue weighted by molar-refractivity contribution is -0.120. The van der Waals surface area contributed by atoms with Crippen LogP contribution >= 0.6 is 11.8 Å². The number of aliphatic imine (C=N–C) groups is 1. The van der Waals surface area contributed by atoms with Crippen molar-refractivity contribution >= 4 is 32.7 Å². The zero-order valence-electron chi connectivity index (χ0n) is 10.1. The highest BCUT2D eigenvalue weighted by Crippen LogP contribution is 2.37. The molecular formula is C10H16N2O3S2. The minimum atomic E-state index is -2.91. The van der Waals surface area contributed by atoms with Gasteiger partial charge in [0.05, 0.1) is 17.5 Å². The van der Waals surface area contributed by atoms with Gasteiger partial charge in [-0.15, -0.1) is 0 Å². The lowest BCUT2D eigenvalue weighted by atomic mass is 10.2. The Balaban J connectivity index is 2.16. The maximum Gasteiger partial charge on any atom is 0.250 e. The second-order valence-electron chi connectivity index (χ2n) is 4.80. The molecule has 0 aliphatic carbocycles. The van der Waals surface area contributed by atoms with Crippen molar-refractivity contribution in [2.24, 2.45) is 10.9 Å². The SMILES string of the molecule is CC(C)C(=O)N=C1S[C@@H]2CS(=O)(=O)C[C@H]2N1C. The van der Waals surface area contributed by atoms with Crippen LogP contribution in [0.15, 0.2) is 4.99 Å². The molecule has 5 nitrogen and oxygen atoms in total. The van der Waals surface area contributed by atoms with E-state index in [0.717, 1.165) is 0 Å². The number of nitrogens with zero attached hydrogens (tertiary/aromatic N) is 2. The molecule has 0 saturated carbocycles. The number of carbonyl (C=O) groups excluding carboxylic acids is 1. The summed E-state index contributed by atoms with van der Waals surface area (Å²) >= 11 is 1.41. The fourth-order valence-electron chi connectivity index (χ4n) is 1.96. The number of sulfone groups is 1. The molecule has 2 atom stereocenters. The number of thioether (sulfide) groups is 1. The van der Waals surface area contributed by atoms with Crippen molar-refractivity contribution in [1.82, 2.24) is 4.90 Å². The van der Waals surface area contributed by atoms with Gasteiger partial charge in [-0.2, -0.15) is 4.99 Å². The second kappa shape index (κ2) is 4.28. The number of hydrogen-bond acceptors (Lipinski definition) is 4. The van der Waals surface area contributed by atoms with Crippen molar-refractivity contribution in [2.45, 2.75) is 25.1 Å². The van der Waals surface area contributed by atoms with Gasteiger partial charge in [0.25, 0.3) is 5.91 Å². The van der Waals surface area contributed by atoms with E-state index < -0.39 is 9.84 Å². The van der Waals surface area contributed by atoms with E-state index in [-0.39, 0.29) is 34.6 Å². The summed E-state index contributed by atoms with van der Waals surface area (Å²) in [7, 11) is -1.10. The molecule has 17 heavy (non-hydrogen) atoms. The summed E-state index contributed by atoms with van der Waals surface area (Å²) in [4.78, 5) is 17.4. The number of amidine groups is 1. The minimum Gasteiger partial charge on any atom is -0.349 e. The third kappa shape index (κ3) is 2.49. The zero-order chi connectivity index (χ0) is 12.8. The van der Waals surface area contributed by atoms with Crippen molar-refractivity contribution < 1.29 is 13.2 Å². The van der Waals surface area contributed by atoms with Gasteiger partial charge in [-0.3, -0.25) is 4.79 Å². The molecule has 2 fully saturated rings. The Hall–Kier alpha value is -0.560. The predicted molar refractivity (Wildman–Crippen MR) is 68.9 cm³/mol. The minimum absolute atomic E-state index is 0.0243. The summed E-state index contributed by atoms with van der Waals surface area (Å²) in [6.45, 7) is 3.61. The fraction of sp³-hybridized carbons (Fsp3) is 0.800. The highest BCUT2D eigenvalue weighted by molar-refractivity contribution is 8.15. The normalized spacial score (nSPS) is 33.4. The van der Waals surface area contributed by atoms with Gasteiger partial charge >= 0.3 is 0 Å². The van der Waals surface area contributed by atoms with E-state index in [9.17, 15) is 13.2 Å². The topological polar surface area (TPSA) is 66.8 Å². The monoisotopic (exact) mass is 276 g/mol. The molecule has 1 amide bonds. The van der Waals surface area contributed by atoms with E-state index in [4.69, 9.17) is 0 Å². The van der Waals surface area contributed by atoms with Crippen LogP contribution in [0.25, 0.3) is 0 Å². The Kier molecular flexibility index (Phi) is 3.24. The van der Waals surface area contributed by atoms with E-state index >= 15 is 0 Å². The molecule has 2 heterocycles. The molecule has 0 N–H and O–H groups in total. The van der Waals surface area contributed by atoms with Crippen LogP contribution in [0.4, 0.5) is 0 Å². The van der Waals surface area contributed by atoms with Crippen LogP contribution in [0.2, 0.25) is 0 Å². The molecule has 0 aromatic carbocycles. The first-order chi connectivity index (χ1) is 7.80. The number of amides is 1. The number of fused-ring (bicyclic) bond motifs is 1. The van der Waals surface area contributed by atoms with Crippen molar-refractivity contribution in [3.05, 3.63) is 0 Å². The first kappa shape index (κ1) is 12.9. The predicted octanol–water partition coefficient (Wildman–Crippen LogP) is 0.369. The highest BCUT2D eigenvalue weighted by atomic mass is 32.2. The van der Waals surface area contributed by atoms with Crippen LogP contribution < -0.4 is 0 Å². The molecule has 0 spiro atoms. The first-order valence-corrected chi connectivity index (χ1v) is 8.23. The lowest BCUT2D eigenvalue weighted by Crippen LogP contribution is -2.34. The average Bonchev–Trinajstić information content (AvgIpc) is 2.62. The molecule has 0 aromatic rings. The largest absolute Gasteiger partial charge is 0.349 e. The summed E-state index contributed by atoms with van der Waals surface area (Å²) in [6.07, 6.45) is 0. The van der Waals surface area contributed by atoms with E-state index in [0.29, 0.717) is 5.17 Å². The Labute approximate surface area is 106 Å². The molecule has 2 aliphatic rings.